The fourth-order valence-electron chi connectivity index (χ4n) is 10.6. The molecule has 13 aromatic rings. The molecule has 0 radical (unpaired) electrons. The van der Waals surface area contributed by atoms with Crippen LogP contribution in [0.4, 0.5) is 0 Å². The zero-order valence-corrected chi connectivity index (χ0v) is 32.5. The van der Waals surface area contributed by atoms with Crippen LogP contribution in [0.15, 0.2) is 200 Å². The van der Waals surface area contributed by atoms with Crippen LogP contribution in [0, 0.1) is 11.3 Å². The van der Waals surface area contributed by atoms with Gasteiger partial charge in [0, 0.05) is 0 Å². The molecule has 0 aromatic heterocycles. The molecule has 0 heterocycles. The van der Waals surface area contributed by atoms with Gasteiger partial charge in [-0.25, -0.2) is 0 Å². The molecule has 0 amide bonds. The van der Waals surface area contributed by atoms with E-state index in [1.165, 1.54) is 120 Å². The molecule has 0 aliphatic carbocycles. The molecular formula is C59H33N. The molecular weight excluding hydrogens is 723 g/mol. The molecule has 0 N–H and O–H groups in total. The van der Waals surface area contributed by atoms with Gasteiger partial charge in [-0.3, -0.25) is 0 Å². The molecule has 0 bridgehead atoms. The summed E-state index contributed by atoms with van der Waals surface area (Å²) in [7, 11) is 0. The fraction of sp³-hybridized carbons (Fsp3) is 0. The van der Waals surface area contributed by atoms with Gasteiger partial charge in [-0.2, -0.15) is 5.26 Å². The molecule has 1 heteroatoms. The van der Waals surface area contributed by atoms with Gasteiger partial charge in [0.1, 0.15) is 0 Å². The van der Waals surface area contributed by atoms with Crippen molar-refractivity contribution >= 4 is 86.2 Å². The Balaban J connectivity index is 1.15. The third-order valence-electron chi connectivity index (χ3n) is 13.1. The maximum absolute atomic E-state index is 9.30. The second kappa shape index (κ2) is 12.5. The van der Waals surface area contributed by atoms with Gasteiger partial charge in [0.25, 0.3) is 0 Å². The van der Waals surface area contributed by atoms with Gasteiger partial charge in [-0.15, -0.1) is 0 Å². The van der Waals surface area contributed by atoms with Crippen LogP contribution in [0.5, 0.6) is 0 Å². The third kappa shape index (κ3) is 4.56. The van der Waals surface area contributed by atoms with Crippen LogP contribution in [0.2, 0.25) is 0 Å². The van der Waals surface area contributed by atoms with E-state index in [2.05, 4.69) is 182 Å². The molecule has 0 saturated carbocycles. The first-order valence-electron chi connectivity index (χ1n) is 20.6. The first kappa shape index (κ1) is 33.0. The van der Waals surface area contributed by atoms with E-state index in [9.17, 15) is 5.26 Å². The molecule has 0 atom stereocenters. The summed E-state index contributed by atoms with van der Waals surface area (Å²) in [5.74, 6) is 0. The SMILES string of the molecule is N#Cc1ccc(-c2ccc3cc(-c4ccc5c6c(-c7ccccc7)c7c(cc8c9ccccc9c9cccc7c98)c(-c7ccccc7)c6c6cccc4c65)ccc3c2)cc1. The smallest absolute Gasteiger partial charge is 0.0991 e. The van der Waals surface area contributed by atoms with Crippen LogP contribution in [0.3, 0.4) is 0 Å². The fourth-order valence-corrected chi connectivity index (χ4v) is 10.6. The van der Waals surface area contributed by atoms with Gasteiger partial charge in [-0.05, 0) is 161 Å². The lowest BCUT2D eigenvalue weighted by Crippen LogP contribution is -1.91. The third-order valence-corrected chi connectivity index (χ3v) is 13.1. The maximum Gasteiger partial charge on any atom is 0.0991 e. The van der Waals surface area contributed by atoms with Gasteiger partial charge < -0.3 is 0 Å². The first-order valence-corrected chi connectivity index (χ1v) is 20.6. The van der Waals surface area contributed by atoms with Crippen LogP contribution in [-0.2, 0) is 0 Å². The average Bonchev–Trinajstić information content (AvgIpc) is 3.82. The standard InChI is InChI=1S/C59H33N/c60-34-35-21-23-36(24-22-35)39-25-26-41-32-42(28-27-40(41)31-39)43-29-30-50-55-46(43)17-9-20-49(55)58-53(37-11-3-1-4-12-37)52-33-51-45-16-8-7-15-44(45)47-18-10-19-48(56(47)51)57(52)54(59(50)58)38-13-5-2-6-14-38/h1-33H. The minimum atomic E-state index is 0.672. The molecule has 0 spiro atoms. The minimum Gasteiger partial charge on any atom is -0.192 e. The van der Waals surface area contributed by atoms with E-state index in [-0.39, 0.29) is 0 Å². The summed E-state index contributed by atoms with van der Waals surface area (Å²) in [5.41, 5.74) is 10.4. The van der Waals surface area contributed by atoms with Crippen molar-refractivity contribution < 1.29 is 0 Å². The number of hydrogen-bond acceptors (Lipinski definition) is 1. The molecule has 0 fully saturated rings. The van der Waals surface area contributed by atoms with Crippen LogP contribution >= 0.6 is 0 Å². The zero-order valence-electron chi connectivity index (χ0n) is 32.5. The molecule has 13 rings (SSSR count). The Hall–Kier alpha value is -8.05. The maximum atomic E-state index is 9.30. The summed E-state index contributed by atoms with van der Waals surface area (Å²) in [4.78, 5) is 0. The van der Waals surface area contributed by atoms with Crippen molar-refractivity contribution in [1.29, 1.82) is 5.26 Å². The monoisotopic (exact) mass is 755 g/mol. The Kier molecular flexibility index (Phi) is 6.86. The molecule has 1 nitrogen and oxygen atoms in total. The van der Waals surface area contributed by atoms with Gasteiger partial charge in [0.15, 0.2) is 0 Å². The lowest BCUT2D eigenvalue weighted by Gasteiger charge is -2.19. The predicted molar refractivity (Wildman–Crippen MR) is 255 cm³/mol. The number of hydrogen-bond donors (Lipinski definition) is 0. The highest BCUT2D eigenvalue weighted by atomic mass is 14.3. The Labute approximate surface area is 346 Å². The molecule has 0 aliphatic heterocycles. The highest BCUT2D eigenvalue weighted by Crippen LogP contribution is 2.55. The van der Waals surface area contributed by atoms with Crippen molar-refractivity contribution in [3.8, 4) is 50.6 Å². The van der Waals surface area contributed by atoms with Crippen molar-refractivity contribution in [2.24, 2.45) is 0 Å². The first-order chi connectivity index (χ1) is 29.7. The topological polar surface area (TPSA) is 23.8 Å². The minimum absolute atomic E-state index is 0.672. The van der Waals surface area contributed by atoms with Crippen LogP contribution in [0.1, 0.15) is 5.56 Å². The second-order valence-electron chi connectivity index (χ2n) is 16.2. The summed E-state index contributed by atoms with van der Waals surface area (Å²) in [6.07, 6.45) is 0. The van der Waals surface area contributed by atoms with Crippen molar-refractivity contribution in [1.82, 2.24) is 0 Å². The average molecular weight is 756 g/mol. The summed E-state index contributed by atoms with van der Waals surface area (Å²) < 4.78 is 0. The normalized spacial score (nSPS) is 12.0. The summed E-state index contributed by atoms with van der Waals surface area (Å²) in [6.45, 7) is 0. The summed E-state index contributed by atoms with van der Waals surface area (Å²) in [5, 5.41) is 30.0. The van der Waals surface area contributed by atoms with E-state index in [4.69, 9.17) is 0 Å². The van der Waals surface area contributed by atoms with E-state index in [1.54, 1.807) is 0 Å². The quantitative estimate of drug-likeness (QED) is 0.164. The zero-order chi connectivity index (χ0) is 39.5. The highest BCUT2D eigenvalue weighted by molar-refractivity contribution is 6.45. The predicted octanol–water partition coefficient (Wildman–Crippen LogP) is 16.3. The Morgan fingerprint density at radius 2 is 0.783 bits per heavy atom. The van der Waals surface area contributed by atoms with Gasteiger partial charge in [-0.1, -0.05) is 170 Å². The lowest BCUT2D eigenvalue weighted by molar-refractivity contribution is 1.48. The number of nitriles is 1. The highest BCUT2D eigenvalue weighted by Gasteiger charge is 2.27. The molecule has 60 heavy (non-hydrogen) atoms. The molecule has 0 saturated heterocycles. The summed E-state index contributed by atoms with van der Waals surface area (Å²) >= 11 is 0. The molecule has 0 aliphatic rings. The molecule has 274 valence electrons. The number of benzene rings is 11. The van der Waals surface area contributed by atoms with Crippen molar-refractivity contribution in [3.05, 3.63) is 206 Å². The second-order valence-corrected chi connectivity index (χ2v) is 16.2. The molecule has 13 aromatic carbocycles. The molecule has 0 unspecified atom stereocenters. The van der Waals surface area contributed by atoms with E-state index < -0.39 is 0 Å². The van der Waals surface area contributed by atoms with E-state index in [0.717, 1.165) is 11.1 Å². The summed E-state index contributed by atoms with van der Waals surface area (Å²) in [6, 6.07) is 75.8. The van der Waals surface area contributed by atoms with E-state index in [0.29, 0.717) is 5.56 Å². The van der Waals surface area contributed by atoms with Crippen LogP contribution < -0.4 is 0 Å². The lowest BCUT2D eigenvalue weighted by atomic mass is 9.84. The van der Waals surface area contributed by atoms with Crippen molar-refractivity contribution in [2.75, 3.05) is 0 Å². The van der Waals surface area contributed by atoms with Crippen LogP contribution in [0.25, 0.3) is 131 Å². The number of rotatable bonds is 4. The number of fused-ring (bicyclic) bond motifs is 9. The Bertz CT molecular complexity index is 3910. The van der Waals surface area contributed by atoms with Gasteiger partial charge in [0.05, 0.1) is 11.6 Å². The largest absolute Gasteiger partial charge is 0.192 e. The van der Waals surface area contributed by atoms with Crippen molar-refractivity contribution in [3.63, 3.8) is 0 Å². The van der Waals surface area contributed by atoms with Crippen molar-refractivity contribution in [2.45, 2.75) is 0 Å². The Morgan fingerprint density at radius 3 is 1.50 bits per heavy atom. The Morgan fingerprint density at radius 1 is 0.267 bits per heavy atom. The van der Waals surface area contributed by atoms with Gasteiger partial charge in [0.2, 0.25) is 0 Å². The van der Waals surface area contributed by atoms with E-state index in [1.807, 2.05) is 24.3 Å². The van der Waals surface area contributed by atoms with Crippen LogP contribution in [-0.4, -0.2) is 0 Å². The number of nitrogens with zero attached hydrogens (tertiary/aromatic N) is 1. The van der Waals surface area contributed by atoms with Gasteiger partial charge >= 0.3 is 0 Å². The van der Waals surface area contributed by atoms with E-state index >= 15 is 0 Å².